The second kappa shape index (κ2) is 3.75. The van der Waals surface area contributed by atoms with Gasteiger partial charge < -0.3 is 10.1 Å². The van der Waals surface area contributed by atoms with Crippen molar-refractivity contribution >= 4 is 0 Å². The largest absolute Gasteiger partial charge is 0.375 e. The summed E-state index contributed by atoms with van der Waals surface area (Å²) in [5.41, 5.74) is 0.114. The Kier molecular flexibility index (Phi) is 3.13. The maximum Gasteiger partial charge on any atom is 0.0630 e. The quantitative estimate of drug-likeness (QED) is 0.699. The molecule has 1 fully saturated rings. The highest BCUT2D eigenvalue weighted by Gasteiger charge is 2.31. The number of rotatable bonds is 3. The van der Waals surface area contributed by atoms with Crippen molar-refractivity contribution in [1.82, 2.24) is 5.32 Å². The first-order valence-corrected chi connectivity index (χ1v) is 4.87. The summed E-state index contributed by atoms with van der Waals surface area (Å²) < 4.78 is 5.65. The molecule has 1 N–H and O–H groups in total. The van der Waals surface area contributed by atoms with Gasteiger partial charge in [0.15, 0.2) is 0 Å². The summed E-state index contributed by atoms with van der Waals surface area (Å²) in [7, 11) is 0. The second-order valence-corrected chi connectivity index (χ2v) is 4.70. The minimum Gasteiger partial charge on any atom is -0.375 e. The van der Waals surface area contributed by atoms with Gasteiger partial charge in [-0.25, -0.2) is 0 Å². The zero-order valence-electron chi connectivity index (χ0n) is 8.68. The van der Waals surface area contributed by atoms with E-state index in [0.29, 0.717) is 12.0 Å². The van der Waals surface area contributed by atoms with Gasteiger partial charge in [-0.2, -0.15) is 0 Å². The molecule has 0 radical (unpaired) electrons. The molecule has 1 atom stereocenters. The van der Waals surface area contributed by atoms with Crippen LogP contribution in [0.5, 0.6) is 0 Å². The van der Waals surface area contributed by atoms with E-state index in [0.717, 1.165) is 13.2 Å². The van der Waals surface area contributed by atoms with Gasteiger partial charge in [0.1, 0.15) is 0 Å². The van der Waals surface area contributed by atoms with Crippen molar-refractivity contribution < 1.29 is 4.74 Å². The molecule has 1 saturated heterocycles. The smallest absolute Gasteiger partial charge is 0.0630 e. The molecular weight excluding hydrogens is 150 g/mol. The lowest BCUT2D eigenvalue weighted by molar-refractivity contribution is 0.0350. The van der Waals surface area contributed by atoms with Gasteiger partial charge in [-0.15, -0.1) is 0 Å². The lowest BCUT2D eigenvalue weighted by Crippen LogP contribution is -2.29. The summed E-state index contributed by atoms with van der Waals surface area (Å²) >= 11 is 0. The Morgan fingerprint density at radius 1 is 1.50 bits per heavy atom. The van der Waals surface area contributed by atoms with Crippen molar-refractivity contribution in [3.63, 3.8) is 0 Å². The fourth-order valence-electron chi connectivity index (χ4n) is 1.69. The van der Waals surface area contributed by atoms with Crippen LogP contribution >= 0.6 is 0 Å². The average Bonchev–Trinajstić information content (AvgIpc) is 2.26. The number of hydrogen-bond donors (Lipinski definition) is 1. The standard InChI is InChI=1S/C10H21NO/c1-8(2)11-6-9-5-10(3,4)12-7-9/h8-9,11H,5-7H2,1-4H3/t9-/m1/s1. The van der Waals surface area contributed by atoms with Crippen LogP contribution in [0.1, 0.15) is 34.1 Å². The summed E-state index contributed by atoms with van der Waals surface area (Å²) in [5.74, 6) is 0.711. The second-order valence-electron chi connectivity index (χ2n) is 4.70. The topological polar surface area (TPSA) is 21.3 Å². The number of hydrogen-bond acceptors (Lipinski definition) is 2. The van der Waals surface area contributed by atoms with Crippen molar-refractivity contribution in [2.45, 2.75) is 45.8 Å². The first-order chi connectivity index (χ1) is 5.49. The average molecular weight is 171 g/mol. The third-order valence-electron chi connectivity index (χ3n) is 2.30. The van der Waals surface area contributed by atoms with E-state index >= 15 is 0 Å². The Morgan fingerprint density at radius 3 is 2.58 bits per heavy atom. The predicted octanol–water partition coefficient (Wildman–Crippen LogP) is 1.80. The monoisotopic (exact) mass is 171 g/mol. The molecule has 1 rings (SSSR count). The number of nitrogens with one attached hydrogen (secondary N) is 1. The van der Waals surface area contributed by atoms with E-state index in [4.69, 9.17) is 4.74 Å². The summed E-state index contributed by atoms with van der Waals surface area (Å²) in [5, 5.41) is 3.45. The maximum atomic E-state index is 5.65. The molecule has 0 aliphatic carbocycles. The molecule has 1 heterocycles. The molecule has 0 aromatic carbocycles. The van der Waals surface area contributed by atoms with E-state index in [1.54, 1.807) is 0 Å². The molecule has 0 aromatic rings. The number of ether oxygens (including phenoxy) is 1. The molecule has 1 aliphatic rings. The first kappa shape index (κ1) is 10.0. The molecule has 0 aromatic heterocycles. The van der Waals surface area contributed by atoms with E-state index in [2.05, 4.69) is 33.0 Å². The summed E-state index contributed by atoms with van der Waals surface area (Å²) in [6.07, 6.45) is 1.19. The summed E-state index contributed by atoms with van der Waals surface area (Å²) in [4.78, 5) is 0. The minimum absolute atomic E-state index is 0.114. The Labute approximate surface area is 75.7 Å². The third kappa shape index (κ3) is 3.11. The van der Waals surface area contributed by atoms with E-state index in [9.17, 15) is 0 Å². The first-order valence-electron chi connectivity index (χ1n) is 4.87. The van der Waals surface area contributed by atoms with Crippen LogP contribution in [0.3, 0.4) is 0 Å². The van der Waals surface area contributed by atoms with E-state index in [-0.39, 0.29) is 5.60 Å². The van der Waals surface area contributed by atoms with Crippen LogP contribution in [-0.4, -0.2) is 24.8 Å². The van der Waals surface area contributed by atoms with Gasteiger partial charge in [-0.05, 0) is 26.2 Å². The lowest BCUT2D eigenvalue weighted by Gasteiger charge is -2.16. The van der Waals surface area contributed by atoms with Crippen LogP contribution in [0.25, 0.3) is 0 Å². The summed E-state index contributed by atoms with van der Waals surface area (Å²) in [6, 6.07) is 0.591. The SMILES string of the molecule is CC(C)NC[C@@H]1COC(C)(C)C1. The summed E-state index contributed by atoms with van der Waals surface area (Å²) in [6.45, 7) is 10.7. The van der Waals surface area contributed by atoms with Crippen LogP contribution in [0.2, 0.25) is 0 Å². The predicted molar refractivity (Wildman–Crippen MR) is 51.3 cm³/mol. The molecule has 12 heavy (non-hydrogen) atoms. The van der Waals surface area contributed by atoms with E-state index in [1.807, 2.05) is 0 Å². The highest BCUT2D eigenvalue weighted by Crippen LogP contribution is 2.28. The molecule has 0 amide bonds. The van der Waals surface area contributed by atoms with E-state index < -0.39 is 0 Å². The Bertz CT molecular complexity index is 143. The fourth-order valence-corrected chi connectivity index (χ4v) is 1.69. The van der Waals surface area contributed by atoms with Gasteiger partial charge in [0, 0.05) is 12.6 Å². The zero-order valence-corrected chi connectivity index (χ0v) is 8.68. The van der Waals surface area contributed by atoms with Crippen LogP contribution in [-0.2, 0) is 4.74 Å². The van der Waals surface area contributed by atoms with Crippen LogP contribution in [0, 0.1) is 5.92 Å². The minimum atomic E-state index is 0.114. The van der Waals surface area contributed by atoms with Crippen molar-refractivity contribution in [3.05, 3.63) is 0 Å². The molecular formula is C10H21NO. The van der Waals surface area contributed by atoms with Gasteiger partial charge in [0.05, 0.1) is 12.2 Å². The normalized spacial score (nSPS) is 28.2. The van der Waals surface area contributed by atoms with Crippen molar-refractivity contribution in [3.8, 4) is 0 Å². The van der Waals surface area contributed by atoms with Crippen molar-refractivity contribution in [1.29, 1.82) is 0 Å². The molecule has 2 heteroatoms. The van der Waals surface area contributed by atoms with Crippen molar-refractivity contribution in [2.75, 3.05) is 13.2 Å². The third-order valence-corrected chi connectivity index (χ3v) is 2.30. The van der Waals surface area contributed by atoms with E-state index in [1.165, 1.54) is 6.42 Å². The van der Waals surface area contributed by atoms with Gasteiger partial charge in [-0.3, -0.25) is 0 Å². The highest BCUT2D eigenvalue weighted by molar-refractivity contribution is 4.82. The Morgan fingerprint density at radius 2 is 2.17 bits per heavy atom. The maximum absolute atomic E-state index is 5.65. The molecule has 2 nitrogen and oxygen atoms in total. The Balaban J connectivity index is 2.20. The van der Waals surface area contributed by atoms with Gasteiger partial charge in [0.25, 0.3) is 0 Å². The van der Waals surface area contributed by atoms with Gasteiger partial charge in [-0.1, -0.05) is 13.8 Å². The molecule has 0 saturated carbocycles. The zero-order chi connectivity index (χ0) is 9.19. The van der Waals surface area contributed by atoms with Crippen LogP contribution < -0.4 is 5.32 Å². The van der Waals surface area contributed by atoms with Gasteiger partial charge >= 0.3 is 0 Å². The fraction of sp³-hybridized carbons (Fsp3) is 1.00. The van der Waals surface area contributed by atoms with Gasteiger partial charge in [0.2, 0.25) is 0 Å². The molecule has 0 spiro atoms. The lowest BCUT2D eigenvalue weighted by atomic mass is 9.98. The molecule has 0 unspecified atom stereocenters. The van der Waals surface area contributed by atoms with Crippen LogP contribution in [0.15, 0.2) is 0 Å². The molecule has 72 valence electrons. The highest BCUT2D eigenvalue weighted by atomic mass is 16.5. The Hall–Kier alpha value is -0.0800. The van der Waals surface area contributed by atoms with Crippen molar-refractivity contribution in [2.24, 2.45) is 5.92 Å². The van der Waals surface area contributed by atoms with Crippen LogP contribution in [0.4, 0.5) is 0 Å². The molecule has 1 aliphatic heterocycles. The molecule has 0 bridgehead atoms.